The van der Waals surface area contributed by atoms with Crippen LogP contribution in [0.4, 0.5) is 0 Å². The maximum absolute atomic E-state index is 12.3. The molecule has 1 aromatic carbocycles. The van der Waals surface area contributed by atoms with Crippen LogP contribution in [0.25, 0.3) is 6.08 Å². The average molecular weight is 311 g/mol. The van der Waals surface area contributed by atoms with Gasteiger partial charge in [0.1, 0.15) is 18.1 Å². The Hall–Kier alpha value is -3.08. The zero-order chi connectivity index (χ0) is 16.7. The van der Waals surface area contributed by atoms with Crippen LogP contribution in [0, 0.1) is 6.92 Å². The van der Waals surface area contributed by atoms with E-state index in [2.05, 4.69) is 11.9 Å². The second kappa shape index (κ2) is 7.79. The summed E-state index contributed by atoms with van der Waals surface area (Å²) >= 11 is 0. The summed E-state index contributed by atoms with van der Waals surface area (Å²) < 4.78 is 10.1. The van der Waals surface area contributed by atoms with E-state index < -0.39 is 11.9 Å². The minimum absolute atomic E-state index is 0.00706. The van der Waals surface area contributed by atoms with E-state index in [0.717, 1.165) is 5.56 Å². The molecule has 0 unspecified atom stereocenters. The van der Waals surface area contributed by atoms with Gasteiger partial charge in [0.15, 0.2) is 0 Å². The molecule has 1 aromatic heterocycles. The number of hydrogen-bond donors (Lipinski definition) is 1. The first kappa shape index (κ1) is 16.3. The Bertz CT molecular complexity index is 712. The van der Waals surface area contributed by atoms with Crippen LogP contribution in [-0.4, -0.2) is 18.5 Å². The molecule has 0 aliphatic carbocycles. The van der Waals surface area contributed by atoms with Gasteiger partial charge in [-0.25, -0.2) is 4.79 Å². The highest BCUT2D eigenvalue weighted by Gasteiger charge is 2.16. The van der Waals surface area contributed by atoms with Gasteiger partial charge in [-0.05, 0) is 31.2 Å². The second-order valence-corrected chi connectivity index (χ2v) is 4.78. The molecule has 0 bridgehead atoms. The lowest BCUT2D eigenvalue weighted by Crippen LogP contribution is -2.28. The minimum Gasteiger partial charge on any atom is -0.465 e. The molecule has 118 valence electrons. The Labute approximate surface area is 134 Å². The van der Waals surface area contributed by atoms with E-state index in [-0.39, 0.29) is 12.3 Å². The number of ether oxygens (including phenoxy) is 1. The van der Waals surface area contributed by atoms with Crippen LogP contribution < -0.4 is 5.32 Å². The number of benzene rings is 1. The predicted octanol–water partition coefficient (Wildman–Crippen LogP) is 3.09. The summed E-state index contributed by atoms with van der Waals surface area (Å²) in [5.74, 6) is -0.639. The lowest BCUT2D eigenvalue weighted by Gasteiger charge is -2.09. The topological polar surface area (TPSA) is 68.5 Å². The first-order valence-corrected chi connectivity index (χ1v) is 7.01. The summed E-state index contributed by atoms with van der Waals surface area (Å²) in [5, 5.41) is 2.55. The molecule has 0 atom stereocenters. The van der Waals surface area contributed by atoms with E-state index in [1.165, 1.54) is 18.4 Å². The fraction of sp³-hybridized carbons (Fsp3) is 0.111. The molecule has 1 N–H and O–H groups in total. The summed E-state index contributed by atoms with van der Waals surface area (Å²) in [6.07, 6.45) is 4.34. The molecule has 0 radical (unpaired) electrons. The zero-order valence-corrected chi connectivity index (χ0v) is 12.7. The molecule has 1 amide bonds. The van der Waals surface area contributed by atoms with E-state index >= 15 is 0 Å². The summed E-state index contributed by atoms with van der Waals surface area (Å²) in [6.45, 7) is 5.46. The van der Waals surface area contributed by atoms with Crippen molar-refractivity contribution in [1.29, 1.82) is 0 Å². The number of carbonyl (C=O) groups is 2. The van der Waals surface area contributed by atoms with Crippen LogP contribution in [0.15, 0.2) is 65.4 Å². The number of hydrogen-bond acceptors (Lipinski definition) is 4. The van der Waals surface area contributed by atoms with Crippen LogP contribution >= 0.6 is 0 Å². The van der Waals surface area contributed by atoms with E-state index in [1.807, 2.05) is 19.1 Å². The largest absolute Gasteiger partial charge is 0.465 e. The second-order valence-electron chi connectivity index (χ2n) is 4.78. The van der Waals surface area contributed by atoms with Gasteiger partial charge in [0.05, 0.1) is 6.26 Å². The molecular weight excluding hydrogens is 294 g/mol. The summed E-state index contributed by atoms with van der Waals surface area (Å²) in [6, 6.07) is 10.4. The third-order valence-electron chi connectivity index (χ3n) is 2.94. The predicted molar refractivity (Wildman–Crippen MR) is 86.5 cm³/mol. The minimum atomic E-state index is -0.665. The number of amides is 1. The van der Waals surface area contributed by atoms with Crippen molar-refractivity contribution in [3.8, 4) is 0 Å². The number of furan rings is 1. The van der Waals surface area contributed by atoms with Crippen molar-refractivity contribution in [3.05, 3.63) is 77.9 Å². The third-order valence-corrected chi connectivity index (χ3v) is 2.94. The lowest BCUT2D eigenvalue weighted by atomic mass is 10.1. The Morgan fingerprint density at radius 1 is 1.26 bits per heavy atom. The van der Waals surface area contributed by atoms with Crippen molar-refractivity contribution < 1.29 is 18.7 Å². The number of carbonyl (C=O) groups excluding carboxylic acids is 2. The van der Waals surface area contributed by atoms with Gasteiger partial charge < -0.3 is 14.5 Å². The molecule has 0 aliphatic rings. The number of nitrogens with one attached hydrogen (secondary N) is 1. The van der Waals surface area contributed by atoms with Crippen LogP contribution in [-0.2, 0) is 9.53 Å². The quantitative estimate of drug-likeness (QED) is 0.506. The van der Waals surface area contributed by atoms with Crippen molar-refractivity contribution in [3.63, 3.8) is 0 Å². The maximum atomic E-state index is 12.3. The highest BCUT2D eigenvalue weighted by Crippen LogP contribution is 2.09. The molecular formula is C18H17NO4. The van der Waals surface area contributed by atoms with Crippen molar-refractivity contribution >= 4 is 18.0 Å². The van der Waals surface area contributed by atoms with Gasteiger partial charge in [0.25, 0.3) is 5.91 Å². The fourth-order valence-corrected chi connectivity index (χ4v) is 1.77. The lowest BCUT2D eigenvalue weighted by molar-refractivity contribution is -0.138. The Kier molecular flexibility index (Phi) is 5.52. The van der Waals surface area contributed by atoms with Crippen molar-refractivity contribution in [2.45, 2.75) is 6.92 Å². The van der Waals surface area contributed by atoms with Crippen molar-refractivity contribution in [2.24, 2.45) is 0 Å². The van der Waals surface area contributed by atoms with Crippen LogP contribution in [0.2, 0.25) is 0 Å². The third kappa shape index (κ3) is 4.71. The van der Waals surface area contributed by atoms with E-state index in [1.54, 1.807) is 24.3 Å². The molecule has 2 rings (SSSR count). The zero-order valence-electron chi connectivity index (χ0n) is 12.7. The molecule has 0 saturated carbocycles. The Morgan fingerprint density at radius 3 is 2.61 bits per heavy atom. The molecule has 0 aliphatic heterocycles. The molecule has 23 heavy (non-hydrogen) atoms. The normalized spacial score (nSPS) is 10.9. The molecule has 1 heterocycles. The highest BCUT2D eigenvalue weighted by atomic mass is 16.5. The average Bonchev–Trinajstić information content (AvgIpc) is 3.05. The van der Waals surface area contributed by atoms with Crippen molar-refractivity contribution in [1.82, 2.24) is 5.32 Å². The van der Waals surface area contributed by atoms with Gasteiger partial charge in [0, 0.05) is 11.6 Å². The van der Waals surface area contributed by atoms with Gasteiger partial charge in [0.2, 0.25) is 0 Å². The number of aryl methyl sites for hydroxylation is 1. The maximum Gasteiger partial charge on any atom is 0.355 e. The molecule has 0 fully saturated rings. The summed E-state index contributed by atoms with van der Waals surface area (Å²) in [7, 11) is 0. The van der Waals surface area contributed by atoms with Gasteiger partial charge in [-0.15, -0.1) is 0 Å². The van der Waals surface area contributed by atoms with Gasteiger partial charge >= 0.3 is 5.97 Å². The van der Waals surface area contributed by atoms with Crippen LogP contribution in [0.5, 0.6) is 0 Å². The Balaban J connectivity index is 2.19. The fourth-order valence-electron chi connectivity index (χ4n) is 1.77. The van der Waals surface area contributed by atoms with Gasteiger partial charge in [-0.3, -0.25) is 4.79 Å². The molecule has 5 heteroatoms. The van der Waals surface area contributed by atoms with Crippen LogP contribution in [0.1, 0.15) is 21.7 Å². The number of esters is 1. The first-order valence-electron chi connectivity index (χ1n) is 7.01. The van der Waals surface area contributed by atoms with Gasteiger partial charge in [-0.2, -0.15) is 0 Å². The molecule has 5 nitrogen and oxygen atoms in total. The molecule has 2 aromatic rings. The Morgan fingerprint density at radius 2 is 2.00 bits per heavy atom. The molecule has 0 spiro atoms. The van der Waals surface area contributed by atoms with Crippen molar-refractivity contribution in [2.75, 3.05) is 6.61 Å². The number of rotatable bonds is 6. The standard InChI is InChI=1S/C18H17NO4/c1-3-10-23-18(21)16(12-15-5-4-11-22-15)19-17(20)14-8-6-13(2)7-9-14/h3-9,11-12H,1,10H2,2H3,(H,19,20)/b16-12+. The van der Waals surface area contributed by atoms with Gasteiger partial charge in [-0.1, -0.05) is 30.4 Å². The van der Waals surface area contributed by atoms with Crippen LogP contribution in [0.3, 0.4) is 0 Å². The highest BCUT2D eigenvalue weighted by molar-refractivity contribution is 6.03. The monoisotopic (exact) mass is 311 g/mol. The van der Waals surface area contributed by atoms with E-state index in [0.29, 0.717) is 11.3 Å². The van der Waals surface area contributed by atoms with E-state index in [9.17, 15) is 9.59 Å². The SMILES string of the molecule is C=CCOC(=O)/C(=C\c1ccco1)NC(=O)c1ccc(C)cc1. The first-order chi connectivity index (χ1) is 11.1. The molecule has 0 saturated heterocycles. The smallest absolute Gasteiger partial charge is 0.355 e. The van der Waals surface area contributed by atoms with E-state index in [4.69, 9.17) is 9.15 Å². The summed E-state index contributed by atoms with van der Waals surface area (Å²) in [5.41, 5.74) is 1.48. The summed E-state index contributed by atoms with van der Waals surface area (Å²) in [4.78, 5) is 24.3.